The van der Waals surface area contributed by atoms with Crippen LogP contribution < -0.4 is 4.74 Å². The van der Waals surface area contributed by atoms with Crippen molar-refractivity contribution >= 4 is 11.8 Å². The summed E-state index contributed by atoms with van der Waals surface area (Å²) in [5.41, 5.74) is 1.06. The minimum absolute atomic E-state index is 0.601. The summed E-state index contributed by atoms with van der Waals surface area (Å²) in [5.74, 6) is 3.24. The van der Waals surface area contributed by atoms with Gasteiger partial charge in [0.25, 0.3) is 5.22 Å². The molecule has 1 aliphatic rings. The highest BCUT2D eigenvalue weighted by Crippen LogP contribution is 2.26. The molecule has 124 valence electrons. The number of aromatic nitrogens is 2. The molecule has 1 aromatic carbocycles. The highest BCUT2D eigenvalue weighted by molar-refractivity contribution is 7.99. The minimum atomic E-state index is 0.601. The third-order valence-corrected chi connectivity index (χ3v) is 5.20. The maximum absolute atomic E-state index is 5.78. The minimum Gasteiger partial charge on any atom is -0.496 e. The number of benzene rings is 1. The van der Waals surface area contributed by atoms with Crippen molar-refractivity contribution < 1.29 is 9.15 Å². The Labute approximate surface area is 141 Å². The van der Waals surface area contributed by atoms with Gasteiger partial charge in [0.2, 0.25) is 5.89 Å². The Morgan fingerprint density at radius 1 is 1.35 bits per heavy atom. The molecule has 1 fully saturated rings. The first-order chi connectivity index (χ1) is 11.2. The van der Waals surface area contributed by atoms with E-state index < -0.39 is 0 Å². The van der Waals surface area contributed by atoms with Crippen LogP contribution >= 0.6 is 11.8 Å². The SMILES string of the molecule is COc1ccccc1Cc1nnc(SC[C@H]2CCCN(C)C2)o1. The van der Waals surface area contributed by atoms with Gasteiger partial charge in [0, 0.05) is 17.9 Å². The van der Waals surface area contributed by atoms with Gasteiger partial charge in [0.05, 0.1) is 13.5 Å². The molecule has 1 aromatic heterocycles. The number of para-hydroxylation sites is 1. The fraction of sp³-hybridized carbons (Fsp3) is 0.529. The number of hydrogen-bond donors (Lipinski definition) is 0. The van der Waals surface area contributed by atoms with Gasteiger partial charge in [-0.25, -0.2) is 0 Å². The van der Waals surface area contributed by atoms with Crippen molar-refractivity contribution in [2.45, 2.75) is 24.5 Å². The van der Waals surface area contributed by atoms with Gasteiger partial charge in [-0.1, -0.05) is 30.0 Å². The number of methoxy groups -OCH3 is 1. The molecule has 0 spiro atoms. The highest BCUT2D eigenvalue weighted by atomic mass is 32.2. The summed E-state index contributed by atoms with van der Waals surface area (Å²) in [4.78, 5) is 2.40. The molecule has 0 amide bonds. The van der Waals surface area contributed by atoms with Crippen molar-refractivity contribution in [1.29, 1.82) is 0 Å². The van der Waals surface area contributed by atoms with Gasteiger partial charge >= 0.3 is 0 Å². The zero-order valence-corrected chi connectivity index (χ0v) is 14.5. The summed E-state index contributed by atoms with van der Waals surface area (Å²) in [7, 11) is 3.87. The van der Waals surface area contributed by atoms with Crippen molar-refractivity contribution in [1.82, 2.24) is 15.1 Å². The van der Waals surface area contributed by atoms with Crippen LogP contribution in [0.15, 0.2) is 33.9 Å². The van der Waals surface area contributed by atoms with Crippen LogP contribution in [0.4, 0.5) is 0 Å². The average molecular weight is 333 g/mol. The molecule has 2 heterocycles. The first-order valence-electron chi connectivity index (χ1n) is 8.00. The Morgan fingerprint density at radius 2 is 2.22 bits per heavy atom. The second-order valence-electron chi connectivity index (χ2n) is 6.03. The van der Waals surface area contributed by atoms with Gasteiger partial charge in [0.15, 0.2) is 0 Å². The highest BCUT2D eigenvalue weighted by Gasteiger charge is 2.18. The molecule has 1 atom stereocenters. The molecule has 0 aliphatic carbocycles. The molecule has 6 heteroatoms. The summed E-state index contributed by atoms with van der Waals surface area (Å²) in [5, 5.41) is 8.99. The standard InChI is InChI=1S/C17H23N3O2S/c1-20-9-5-6-13(11-20)12-23-17-19-18-16(22-17)10-14-7-3-4-8-15(14)21-2/h3-4,7-8,13H,5-6,9-12H2,1-2H3/t13-/m0/s1. The maximum atomic E-state index is 5.78. The number of piperidine rings is 1. The van der Waals surface area contributed by atoms with Crippen molar-refractivity contribution in [2.24, 2.45) is 5.92 Å². The Bertz CT molecular complexity index is 632. The van der Waals surface area contributed by atoms with Crippen LogP contribution in [-0.4, -0.2) is 48.1 Å². The number of nitrogens with zero attached hydrogens (tertiary/aromatic N) is 3. The first kappa shape index (κ1) is 16.3. The van der Waals surface area contributed by atoms with Crippen LogP contribution in [0.5, 0.6) is 5.75 Å². The van der Waals surface area contributed by atoms with Crippen LogP contribution in [0, 0.1) is 5.92 Å². The zero-order valence-electron chi connectivity index (χ0n) is 13.7. The number of likely N-dealkylation sites (tertiary alicyclic amines) is 1. The van der Waals surface area contributed by atoms with Gasteiger partial charge in [-0.15, -0.1) is 10.2 Å². The Hall–Kier alpha value is -1.53. The topological polar surface area (TPSA) is 51.4 Å². The summed E-state index contributed by atoms with van der Waals surface area (Å²) in [6, 6.07) is 7.91. The van der Waals surface area contributed by atoms with Gasteiger partial charge in [-0.05, 0) is 38.4 Å². The first-order valence-corrected chi connectivity index (χ1v) is 8.99. The van der Waals surface area contributed by atoms with Crippen molar-refractivity contribution in [2.75, 3.05) is 33.0 Å². The lowest BCUT2D eigenvalue weighted by atomic mass is 10.0. The smallest absolute Gasteiger partial charge is 0.276 e. The van der Waals surface area contributed by atoms with Crippen LogP contribution in [-0.2, 0) is 6.42 Å². The molecular formula is C17H23N3O2S. The van der Waals surface area contributed by atoms with Crippen LogP contribution in [0.25, 0.3) is 0 Å². The van der Waals surface area contributed by atoms with E-state index in [1.165, 1.54) is 19.4 Å². The monoisotopic (exact) mass is 333 g/mol. The third kappa shape index (κ3) is 4.48. The number of ether oxygens (including phenoxy) is 1. The van der Waals surface area contributed by atoms with E-state index in [4.69, 9.17) is 9.15 Å². The molecule has 1 aliphatic heterocycles. The Morgan fingerprint density at radius 3 is 3.04 bits per heavy atom. The van der Waals surface area contributed by atoms with Gasteiger partial charge in [-0.3, -0.25) is 0 Å². The fourth-order valence-corrected chi connectivity index (χ4v) is 3.88. The summed E-state index contributed by atoms with van der Waals surface area (Å²) < 4.78 is 11.1. The summed E-state index contributed by atoms with van der Waals surface area (Å²) in [6.45, 7) is 2.37. The lowest BCUT2D eigenvalue weighted by Gasteiger charge is -2.28. The number of rotatable bonds is 6. The second-order valence-corrected chi connectivity index (χ2v) is 7.00. The van der Waals surface area contributed by atoms with Crippen molar-refractivity contribution in [3.63, 3.8) is 0 Å². The van der Waals surface area contributed by atoms with E-state index >= 15 is 0 Å². The maximum Gasteiger partial charge on any atom is 0.276 e. The normalized spacial score (nSPS) is 19.0. The van der Waals surface area contributed by atoms with Gasteiger partial charge in [0.1, 0.15) is 5.75 Å². The summed E-state index contributed by atoms with van der Waals surface area (Å²) >= 11 is 1.67. The van der Waals surface area contributed by atoms with E-state index in [0.717, 1.165) is 23.6 Å². The molecule has 1 saturated heterocycles. The Balaban J connectivity index is 1.55. The van der Waals surface area contributed by atoms with E-state index in [0.29, 0.717) is 23.5 Å². The molecule has 0 unspecified atom stereocenters. The molecule has 0 saturated carbocycles. The molecule has 0 radical (unpaired) electrons. The van der Waals surface area contributed by atoms with Gasteiger partial charge in [-0.2, -0.15) is 0 Å². The van der Waals surface area contributed by atoms with Crippen molar-refractivity contribution in [3.8, 4) is 5.75 Å². The van der Waals surface area contributed by atoms with Crippen LogP contribution in [0.2, 0.25) is 0 Å². The van der Waals surface area contributed by atoms with E-state index in [1.807, 2.05) is 24.3 Å². The lowest BCUT2D eigenvalue weighted by Crippen LogP contribution is -2.33. The molecule has 23 heavy (non-hydrogen) atoms. The number of hydrogen-bond acceptors (Lipinski definition) is 6. The number of thioether (sulfide) groups is 1. The average Bonchev–Trinajstić information content (AvgIpc) is 3.01. The molecule has 5 nitrogen and oxygen atoms in total. The van der Waals surface area contributed by atoms with E-state index in [-0.39, 0.29) is 0 Å². The largest absolute Gasteiger partial charge is 0.496 e. The Kier molecular flexibility index (Phi) is 5.56. The van der Waals surface area contributed by atoms with Crippen LogP contribution in [0.1, 0.15) is 24.3 Å². The predicted octanol–water partition coefficient (Wildman–Crippen LogP) is 3.10. The second kappa shape index (κ2) is 7.84. The fourth-order valence-electron chi connectivity index (χ4n) is 2.98. The molecule has 3 rings (SSSR count). The van der Waals surface area contributed by atoms with E-state index in [1.54, 1.807) is 18.9 Å². The quantitative estimate of drug-likeness (QED) is 0.757. The van der Waals surface area contributed by atoms with E-state index in [9.17, 15) is 0 Å². The predicted molar refractivity (Wildman–Crippen MR) is 91.0 cm³/mol. The molecule has 0 N–H and O–H groups in total. The molecule has 0 bridgehead atoms. The van der Waals surface area contributed by atoms with Gasteiger partial charge < -0.3 is 14.1 Å². The molecular weight excluding hydrogens is 310 g/mol. The van der Waals surface area contributed by atoms with Crippen molar-refractivity contribution in [3.05, 3.63) is 35.7 Å². The molecule has 2 aromatic rings. The van der Waals surface area contributed by atoms with Crippen LogP contribution in [0.3, 0.4) is 0 Å². The van der Waals surface area contributed by atoms with E-state index in [2.05, 4.69) is 22.1 Å². The summed E-state index contributed by atoms with van der Waals surface area (Å²) in [6.07, 6.45) is 3.17. The lowest BCUT2D eigenvalue weighted by molar-refractivity contribution is 0.224. The third-order valence-electron chi connectivity index (χ3n) is 4.15. The zero-order chi connectivity index (χ0) is 16.1.